The fourth-order valence-electron chi connectivity index (χ4n) is 1.23. The largest absolute Gasteiger partial charge is 0.574 e. The fraction of sp³-hybridized carbons (Fsp3) is 0.444. The van der Waals surface area contributed by atoms with Crippen LogP contribution in [0.5, 0.6) is 11.6 Å². The van der Waals surface area contributed by atoms with Crippen molar-refractivity contribution in [2.45, 2.75) is 18.3 Å². The Bertz CT molecular complexity index is 398. The highest BCUT2D eigenvalue weighted by Gasteiger charge is 2.33. The maximum atomic E-state index is 12.1. The number of alkyl halides is 4. The molecule has 0 fully saturated rings. The molecule has 4 nitrogen and oxygen atoms in total. The lowest BCUT2D eigenvalue weighted by Gasteiger charge is -2.15. The van der Waals surface area contributed by atoms with Gasteiger partial charge in [-0.05, 0) is 0 Å². The molecule has 1 rings (SSSR count). The number of aromatic nitrogens is 1. The van der Waals surface area contributed by atoms with E-state index in [0.29, 0.717) is 5.56 Å². The van der Waals surface area contributed by atoms with Crippen molar-refractivity contribution >= 4 is 15.9 Å². The lowest BCUT2D eigenvalue weighted by Crippen LogP contribution is -2.19. The van der Waals surface area contributed by atoms with Crippen molar-refractivity contribution in [3.8, 4) is 11.6 Å². The van der Waals surface area contributed by atoms with Gasteiger partial charge >= 0.3 is 6.36 Å². The van der Waals surface area contributed by atoms with Crippen LogP contribution in [0.1, 0.15) is 11.1 Å². The number of methoxy groups -OCH3 is 1. The van der Waals surface area contributed by atoms with Crippen molar-refractivity contribution < 1.29 is 27.8 Å². The van der Waals surface area contributed by atoms with Crippen LogP contribution in [0.25, 0.3) is 0 Å². The summed E-state index contributed by atoms with van der Waals surface area (Å²) in [5.74, 6) is -0.393. The average Bonchev–Trinajstić information content (AvgIpc) is 2.26. The van der Waals surface area contributed by atoms with E-state index in [4.69, 9.17) is 9.84 Å². The Morgan fingerprint density at radius 2 is 2.06 bits per heavy atom. The molecule has 0 aliphatic heterocycles. The molecule has 0 spiro atoms. The van der Waals surface area contributed by atoms with Crippen LogP contribution in [-0.2, 0) is 11.9 Å². The Hall–Kier alpha value is -1.02. The van der Waals surface area contributed by atoms with E-state index in [-0.39, 0.29) is 16.6 Å². The van der Waals surface area contributed by atoms with Gasteiger partial charge in [-0.15, -0.1) is 13.2 Å². The highest BCUT2D eigenvalue weighted by Crippen LogP contribution is 2.32. The van der Waals surface area contributed by atoms with Crippen LogP contribution in [-0.4, -0.2) is 23.6 Å². The first-order chi connectivity index (χ1) is 7.92. The van der Waals surface area contributed by atoms with E-state index >= 15 is 0 Å². The van der Waals surface area contributed by atoms with Gasteiger partial charge in [-0.2, -0.15) is 0 Å². The summed E-state index contributed by atoms with van der Waals surface area (Å²) in [6.07, 6.45) is -3.74. The van der Waals surface area contributed by atoms with Gasteiger partial charge in [-0.3, -0.25) is 0 Å². The van der Waals surface area contributed by atoms with Gasteiger partial charge in [0.15, 0.2) is 0 Å². The number of hydrogen-bond donors (Lipinski definition) is 1. The van der Waals surface area contributed by atoms with Gasteiger partial charge in [-0.1, -0.05) is 15.9 Å². The summed E-state index contributed by atoms with van der Waals surface area (Å²) in [7, 11) is 1.36. The van der Waals surface area contributed by atoms with Gasteiger partial charge in [0.05, 0.1) is 19.9 Å². The zero-order valence-electron chi connectivity index (χ0n) is 8.71. The second-order valence-electron chi connectivity index (χ2n) is 2.93. The molecule has 0 aromatic carbocycles. The van der Waals surface area contributed by atoms with E-state index < -0.39 is 18.8 Å². The minimum atomic E-state index is -4.85. The van der Waals surface area contributed by atoms with Gasteiger partial charge in [0.2, 0.25) is 5.88 Å². The van der Waals surface area contributed by atoms with Crippen LogP contribution < -0.4 is 9.47 Å². The molecule has 0 saturated carbocycles. The summed E-state index contributed by atoms with van der Waals surface area (Å²) in [5, 5.41) is 9.29. The third kappa shape index (κ3) is 3.47. The summed E-state index contributed by atoms with van der Waals surface area (Å²) in [6, 6.07) is 0. The summed E-state index contributed by atoms with van der Waals surface area (Å²) in [6.45, 7) is -0.628. The number of aliphatic hydroxyl groups excluding tert-OH is 1. The fourth-order valence-corrected chi connectivity index (χ4v) is 1.85. The third-order valence-electron chi connectivity index (χ3n) is 1.94. The molecule has 0 aliphatic carbocycles. The maximum Gasteiger partial charge on any atom is 0.574 e. The number of rotatable bonds is 4. The Morgan fingerprint density at radius 1 is 1.41 bits per heavy atom. The van der Waals surface area contributed by atoms with E-state index in [1.807, 2.05) is 0 Å². The van der Waals surface area contributed by atoms with Crippen LogP contribution in [0.3, 0.4) is 0 Å². The highest BCUT2D eigenvalue weighted by molar-refractivity contribution is 9.08. The van der Waals surface area contributed by atoms with Gasteiger partial charge < -0.3 is 14.6 Å². The lowest BCUT2D eigenvalue weighted by atomic mass is 10.1. The van der Waals surface area contributed by atoms with Gasteiger partial charge in [0.1, 0.15) is 5.75 Å². The Balaban J connectivity index is 3.23. The quantitative estimate of drug-likeness (QED) is 0.867. The SMILES string of the molecule is COc1cnc(OC(F)(F)F)c(CO)c1CBr. The minimum Gasteiger partial charge on any atom is -0.495 e. The van der Waals surface area contributed by atoms with Crippen molar-refractivity contribution in [2.24, 2.45) is 0 Å². The number of hydrogen-bond acceptors (Lipinski definition) is 4. The molecule has 0 amide bonds. The van der Waals surface area contributed by atoms with Crippen molar-refractivity contribution in [1.82, 2.24) is 4.98 Å². The summed E-state index contributed by atoms with van der Waals surface area (Å²) in [4.78, 5) is 3.47. The van der Waals surface area contributed by atoms with E-state index in [9.17, 15) is 13.2 Å². The molecule has 1 aromatic rings. The highest BCUT2D eigenvalue weighted by atomic mass is 79.9. The molecule has 0 radical (unpaired) electrons. The molecule has 0 saturated heterocycles. The Morgan fingerprint density at radius 3 is 2.47 bits per heavy atom. The molecule has 0 aliphatic rings. The van der Waals surface area contributed by atoms with E-state index in [0.717, 1.165) is 6.20 Å². The van der Waals surface area contributed by atoms with E-state index in [2.05, 4.69) is 25.7 Å². The Kier molecular flexibility index (Phi) is 4.58. The lowest BCUT2D eigenvalue weighted by molar-refractivity contribution is -0.276. The molecular formula is C9H9BrF3NO3. The predicted molar refractivity (Wildman–Crippen MR) is 56.0 cm³/mol. The minimum absolute atomic E-state index is 0.0569. The molecule has 1 N–H and O–H groups in total. The van der Waals surface area contributed by atoms with E-state index in [1.54, 1.807) is 0 Å². The van der Waals surface area contributed by atoms with Crippen LogP contribution in [0.15, 0.2) is 6.20 Å². The molecule has 0 unspecified atom stereocenters. The molecule has 0 bridgehead atoms. The van der Waals surface area contributed by atoms with Crippen molar-refractivity contribution in [2.75, 3.05) is 7.11 Å². The van der Waals surface area contributed by atoms with Crippen molar-refractivity contribution in [1.29, 1.82) is 0 Å². The molecule has 8 heteroatoms. The van der Waals surface area contributed by atoms with Gasteiger partial charge in [0.25, 0.3) is 0 Å². The summed E-state index contributed by atoms with van der Waals surface area (Å²) >= 11 is 3.10. The molecule has 0 atom stereocenters. The smallest absolute Gasteiger partial charge is 0.495 e. The zero-order chi connectivity index (χ0) is 13.1. The van der Waals surface area contributed by atoms with Crippen molar-refractivity contribution in [3.63, 3.8) is 0 Å². The van der Waals surface area contributed by atoms with Crippen LogP contribution in [0.4, 0.5) is 13.2 Å². The monoisotopic (exact) mass is 315 g/mol. The van der Waals surface area contributed by atoms with Crippen LogP contribution in [0, 0.1) is 0 Å². The van der Waals surface area contributed by atoms with E-state index in [1.165, 1.54) is 7.11 Å². The second kappa shape index (κ2) is 5.54. The molecule has 1 aromatic heterocycles. The number of halogens is 4. The molecule has 96 valence electrons. The standard InChI is InChI=1S/C9H9BrF3NO3/c1-16-7-3-14-8(17-9(11,12)13)6(4-15)5(7)2-10/h3,15H,2,4H2,1H3. The predicted octanol–water partition coefficient (Wildman–Crippen LogP) is 2.38. The first kappa shape index (κ1) is 14.0. The zero-order valence-corrected chi connectivity index (χ0v) is 10.3. The number of ether oxygens (including phenoxy) is 2. The topological polar surface area (TPSA) is 51.6 Å². The van der Waals surface area contributed by atoms with Crippen molar-refractivity contribution in [3.05, 3.63) is 17.3 Å². The molecule has 1 heterocycles. The molecule has 17 heavy (non-hydrogen) atoms. The van der Waals surface area contributed by atoms with Gasteiger partial charge in [-0.25, -0.2) is 4.98 Å². The average molecular weight is 316 g/mol. The third-order valence-corrected chi connectivity index (χ3v) is 2.50. The number of aliphatic hydroxyl groups is 1. The number of pyridine rings is 1. The summed E-state index contributed by atoms with van der Waals surface area (Å²) in [5.41, 5.74) is 0.308. The summed E-state index contributed by atoms with van der Waals surface area (Å²) < 4.78 is 44.9. The van der Waals surface area contributed by atoms with Crippen LogP contribution >= 0.6 is 15.9 Å². The Labute approximate surface area is 103 Å². The normalized spacial score (nSPS) is 11.4. The first-order valence-corrected chi connectivity index (χ1v) is 5.52. The maximum absolute atomic E-state index is 12.1. The second-order valence-corrected chi connectivity index (χ2v) is 3.49. The molecular weight excluding hydrogens is 307 g/mol. The number of nitrogens with zero attached hydrogens (tertiary/aromatic N) is 1. The van der Waals surface area contributed by atoms with Crippen LogP contribution in [0.2, 0.25) is 0 Å². The van der Waals surface area contributed by atoms with Gasteiger partial charge in [0, 0.05) is 16.5 Å². The first-order valence-electron chi connectivity index (χ1n) is 4.40.